The van der Waals surface area contributed by atoms with E-state index in [0.717, 1.165) is 43.8 Å². The zero-order chi connectivity index (χ0) is 23.8. The maximum absolute atomic E-state index is 11.1. The Morgan fingerprint density at radius 1 is 1.03 bits per heavy atom. The summed E-state index contributed by atoms with van der Waals surface area (Å²) in [7, 11) is 0. The monoisotopic (exact) mass is 553 g/mol. The number of aromatic carboxylic acids is 1. The molecule has 0 bridgehead atoms. The fourth-order valence-corrected chi connectivity index (χ4v) is 4.92. The first kappa shape index (κ1) is 22.7. The summed E-state index contributed by atoms with van der Waals surface area (Å²) < 4.78 is 0.834. The number of nitrogens with zero attached hydrogens (tertiary/aromatic N) is 3. The summed E-state index contributed by atoms with van der Waals surface area (Å²) in [5.41, 5.74) is 5.88. The number of aliphatic imine (C=N–C) groups is 1. The number of aromatic nitrogens is 2. The second-order valence-corrected chi connectivity index (χ2v) is 9.32. The van der Waals surface area contributed by atoms with Gasteiger partial charge in [0.15, 0.2) is 0 Å². The van der Waals surface area contributed by atoms with Gasteiger partial charge in [-0.15, -0.1) is 0 Å². The van der Waals surface area contributed by atoms with E-state index in [0.29, 0.717) is 22.5 Å². The minimum atomic E-state index is -0.968. The van der Waals surface area contributed by atoms with Gasteiger partial charge in [0.1, 0.15) is 5.69 Å². The zero-order valence-corrected chi connectivity index (χ0v) is 20.6. The molecule has 0 aliphatic carbocycles. The van der Waals surface area contributed by atoms with Crippen LogP contribution in [-0.2, 0) is 6.54 Å². The summed E-state index contributed by atoms with van der Waals surface area (Å²) in [6, 6.07) is 17.8. The summed E-state index contributed by atoms with van der Waals surface area (Å²) in [5, 5.41) is 12.1. The van der Waals surface area contributed by atoms with Crippen molar-refractivity contribution in [3.63, 3.8) is 0 Å². The highest BCUT2D eigenvalue weighted by molar-refractivity contribution is 9.10. The Hall–Kier alpha value is -3.10. The van der Waals surface area contributed by atoms with Gasteiger partial charge in [-0.25, -0.2) is 10.1 Å². The van der Waals surface area contributed by atoms with Crippen molar-refractivity contribution in [2.75, 3.05) is 0 Å². The van der Waals surface area contributed by atoms with Crippen LogP contribution in [0.5, 0.6) is 0 Å². The van der Waals surface area contributed by atoms with Crippen molar-refractivity contribution in [1.29, 1.82) is 0 Å². The molecule has 0 saturated carbocycles. The molecule has 0 fully saturated rings. The molecule has 3 aromatic carbocycles. The van der Waals surface area contributed by atoms with Crippen LogP contribution in [0.4, 0.5) is 11.6 Å². The van der Waals surface area contributed by atoms with E-state index in [2.05, 4.69) is 20.9 Å². The Balaban J connectivity index is 1.59. The highest BCUT2D eigenvalue weighted by atomic mass is 79.9. The molecule has 3 N–H and O–H groups in total. The van der Waals surface area contributed by atoms with Crippen LogP contribution >= 0.6 is 39.1 Å². The van der Waals surface area contributed by atoms with Crippen molar-refractivity contribution in [1.82, 2.24) is 9.97 Å². The molecule has 9 heteroatoms. The Kier molecular flexibility index (Phi) is 6.18. The molecule has 4 aromatic rings. The quantitative estimate of drug-likeness (QED) is 0.312. The number of quaternary nitrogens is 1. The largest absolute Gasteiger partial charge is 0.478 e. The van der Waals surface area contributed by atoms with Crippen LogP contribution in [0.15, 0.2) is 76.3 Å². The number of rotatable bonds is 4. The Bertz CT molecular complexity index is 1450. The molecule has 0 atom stereocenters. The average molecular weight is 555 g/mol. The van der Waals surface area contributed by atoms with Gasteiger partial charge in [0.25, 0.3) is 0 Å². The van der Waals surface area contributed by atoms with Gasteiger partial charge in [0.2, 0.25) is 0 Å². The smallest absolute Gasteiger partial charge is 0.335 e. The van der Waals surface area contributed by atoms with E-state index in [4.69, 9.17) is 38.3 Å². The Morgan fingerprint density at radius 3 is 2.56 bits per heavy atom. The van der Waals surface area contributed by atoms with Crippen LogP contribution in [0, 0.1) is 0 Å². The number of hydrogen-bond donors (Lipinski definition) is 2. The molecule has 1 aliphatic rings. The molecular weight excluding hydrogens is 539 g/mol. The van der Waals surface area contributed by atoms with Crippen LogP contribution in [0.1, 0.15) is 27.0 Å². The Morgan fingerprint density at radius 2 is 1.82 bits per heavy atom. The van der Waals surface area contributed by atoms with Gasteiger partial charge < -0.3 is 5.11 Å². The molecule has 0 amide bonds. The SMILES string of the molecule is O=C(O)c1ccc([NH2+]c2ncc3c(n2)-c2ccc(Cl)cc2C(c2c(Cl)cccc2Br)=NC3)cc1. The van der Waals surface area contributed by atoms with E-state index in [-0.39, 0.29) is 5.56 Å². The predicted molar refractivity (Wildman–Crippen MR) is 136 cm³/mol. The molecular formula is C25H16BrCl2N4O2+. The molecule has 2 heterocycles. The highest BCUT2D eigenvalue weighted by Gasteiger charge is 2.24. The van der Waals surface area contributed by atoms with Crippen LogP contribution in [0.25, 0.3) is 11.3 Å². The van der Waals surface area contributed by atoms with Crippen molar-refractivity contribution in [2.45, 2.75) is 6.54 Å². The maximum Gasteiger partial charge on any atom is 0.335 e. The minimum Gasteiger partial charge on any atom is -0.478 e. The van der Waals surface area contributed by atoms with Crippen molar-refractivity contribution in [2.24, 2.45) is 4.99 Å². The van der Waals surface area contributed by atoms with E-state index in [1.165, 1.54) is 0 Å². The summed E-state index contributed by atoms with van der Waals surface area (Å²) >= 11 is 16.6. The lowest BCUT2D eigenvalue weighted by Crippen LogP contribution is -2.72. The van der Waals surface area contributed by atoms with Gasteiger partial charge in [-0.3, -0.25) is 4.99 Å². The van der Waals surface area contributed by atoms with Crippen LogP contribution in [0.3, 0.4) is 0 Å². The molecule has 0 saturated heterocycles. The highest BCUT2D eigenvalue weighted by Crippen LogP contribution is 2.36. The van der Waals surface area contributed by atoms with Gasteiger partial charge in [0, 0.05) is 50.1 Å². The first-order valence-electron chi connectivity index (χ1n) is 10.2. The Labute approximate surface area is 213 Å². The summed E-state index contributed by atoms with van der Waals surface area (Å²) in [6.45, 7) is 0.377. The van der Waals surface area contributed by atoms with E-state index in [9.17, 15) is 4.79 Å². The fraction of sp³-hybridized carbons (Fsp3) is 0.0400. The summed E-state index contributed by atoms with van der Waals surface area (Å²) in [6.07, 6.45) is 1.77. The third kappa shape index (κ3) is 4.35. The van der Waals surface area contributed by atoms with Gasteiger partial charge in [0.05, 0.1) is 28.5 Å². The van der Waals surface area contributed by atoms with Crippen molar-refractivity contribution < 1.29 is 15.2 Å². The molecule has 168 valence electrons. The van der Waals surface area contributed by atoms with Crippen molar-refractivity contribution in [3.8, 4) is 11.3 Å². The van der Waals surface area contributed by atoms with Gasteiger partial charge in [-0.2, -0.15) is 9.97 Å². The van der Waals surface area contributed by atoms with Crippen LogP contribution in [-0.4, -0.2) is 26.8 Å². The van der Waals surface area contributed by atoms with E-state index in [1.54, 1.807) is 35.8 Å². The number of fused-ring (bicyclic) bond motifs is 3. The van der Waals surface area contributed by atoms with Crippen LogP contribution in [0.2, 0.25) is 10.0 Å². The first-order valence-corrected chi connectivity index (χ1v) is 11.8. The lowest BCUT2D eigenvalue weighted by atomic mass is 9.95. The third-order valence-electron chi connectivity index (χ3n) is 5.44. The van der Waals surface area contributed by atoms with E-state index < -0.39 is 5.97 Å². The number of carbonyl (C=O) groups is 1. The zero-order valence-electron chi connectivity index (χ0n) is 17.5. The molecule has 1 aliphatic heterocycles. The number of hydrogen-bond acceptors (Lipinski definition) is 4. The first-order chi connectivity index (χ1) is 16.4. The van der Waals surface area contributed by atoms with Gasteiger partial charge in [-0.05, 0) is 36.4 Å². The lowest BCUT2D eigenvalue weighted by molar-refractivity contribution is -0.487. The average Bonchev–Trinajstić information content (AvgIpc) is 2.96. The lowest BCUT2D eigenvalue weighted by Gasteiger charge is -2.14. The fourth-order valence-electron chi connectivity index (χ4n) is 3.82. The number of halogens is 3. The third-order valence-corrected chi connectivity index (χ3v) is 6.65. The summed E-state index contributed by atoms with van der Waals surface area (Å²) in [4.78, 5) is 25.3. The van der Waals surface area contributed by atoms with Gasteiger partial charge >= 0.3 is 11.9 Å². The standard InChI is InChI=1S/C25H15BrCl2N4O2/c26-19-2-1-3-20(28)21(19)23-18-10-15(27)6-9-17(18)22-14(11-29-23)12-30-25(32-22)31-16-7-4-13(5-8-16)24(33)34/h1-10,12H,11H2,(H,33,34)(H,30,31,32)/p+1. The topological polar surface area (TPSA) is 92.0 Å². The number of carboxylic acids is 1. The number of nitrogens with two attached hydrogens (primary N) is 1. The molecule has 1 aromatic heterocycles. The summed E-state index contributed by atoms with van der Waals surface area (Å²) in [5.74, 6) is -0.464. The minimum absolute atomic E-state index is 0.223. The molecule has 6 nitrogen and oxygen atoms in total. The molecule has 34 heavy (non-hydrogen) atoms. The second-order valence-electron chi connectivity index (χ2n) is 7.62. The van der Waals surface area contributed by atoms with Crippen LogP contribution < -0.4 is 5.32 Å². The van der Waals surface area contributed by atoms with Crippen molar-refractivity contribution in [3.05, 3.63) is 104 Å². The van der Waals surface area contributed by atoms with E-state index >= 15 is 0 Å². The number of benzene rings is 3. The molecule has 0 radical (unpaired) electrons. The van der Waals surface area contributed by atoms with Crippen molar-refractivity contribution >= 4 is 62.4 Å². The van der Waals surface area contributed by atoms with Gasteiger partial charge in [-0.1, -0.05) is 51.3 Å². The molecule has 5 rings (SSSR count). The molecule has 0 spiro atoms. The maximum atomic E-state index is 11.1. The predicted octanol–water partition coefficient (Wildman–Crippen LogP) is 5.79. The number of carboxylic acid groups (broad SMARTS) is 1. The molecule has 0 unspecified atom stereocenters. The second kappa shape index (κ2) is 9.27. The van der Waals surface area contributed by atoms with E-state index in [1.807, 2.05) is 36.4 Å². The normalized spacial score (nSPS) is 12.4.